The van der Waals surface area contributed by atoms with Crippen LogP contribution in [0, 0.1) is 17.8 Å². The molecule has 4 aliphatic rings. The summed E-state index contributed by atoms with van der Waals surface area (Å²) in [5.41, 5.74) is -0.523. The van der Waals surface area contributed by atoms with Crippen LogP contribution in [0.25, 0.3) is 0 Å². The first-order valence-corrected chi connectivity index (χ1v) is 9.89. The molecule has 0 aliphatic heterocycles. The van der Waals surface area contributed by atoms with Gasteiger partial charge in [0.15, 0.2) is 0 Å². The topological polar surface area (TPSA) is 117 Å². The number of hydrogen-bond acceptors (Lipinski definition) is 8. The molecule has 4 N–H and O–H groups in total. The summed E-state index contributed by atoms with van der Waals surface area (Å²) in [5, 5.41) is 26.7. The molecule has 0 saturated heterocycles. The highest BCUT2D eigenvalue weighted by atomic mass is 16.5. The molecule has 150 valence electrons. The van der Waals surface area contributed by atoms with Gasteiger partial charge < -0.3 is 30.2 Å². The maximum absolute atomic E-state index is 10.9. The van der Waals surface area contributed by atoms with Crippen LogP contribution in [0.1, 0.15) is 25.7 Å². The summed E-state index contributed by atoms with van der Waals surface area (Å²) in [6, 6.07) is 1.87. The monoisotopic (exact) mass is 386 g/mol. The van der Waals surface area contributed by atoms with E-state index in [1.54, 1.807) is 12.4 Å². The molecule has 2 aromatic heterocycles. The Balaban J connectivity index is 1.39. The van der Waals surface area contributed by atoms with Gasteiger partial charge in [-0.15, -0.1) is 0 Å². The second kappa shape index (κ2) is 6.59. The maximum atomic E-state index is 10.9. The number of hydrogen-bond donors (Lipinski definition) is 4. The third-order valence-electron chi connectivity index (χ3n) is 6.41. The number of aryl methyl sites for hydroxylation is 1. The molecule has 9 nitrogen and oxygen atoms in total. The van der Waals surface area contributed by atoms with Gasteiger partial charge in [-0.1, -0.05) is 0 Å². The van der Waals surface area contributed by atoms with Crippen molar-refractivity contribution in [2.45, 2.75) is 37.3 Å². The summed E-state index contributed by atoms with van der Waals surface area (Å²) in [5.74, 6) is 3.47. The molecule has 4 bridgehead atoms. The molecule has 0 spiro atoms. The zero-order valence-corrected chi connectivity index (χ0v) is 15.9. The number of nitrogens with zero attached hydrogens (tertiary/aromatic N) is 4. The fraction of sp³-hybridized carbons (Fsp3) is 0.632. The van der Waals surface area contributed by atoms with Gasteiger partial charge in [0, 0.05) is 31.3 Å². The lowest BCUT2D eigenvalue weighted by Crippen LogP contribution is -2.37. The fourth-order valence-corrected chi connectivity index (χ4v) is 5.53. The minimum absolute atomic E-state index is 0.0863. The Morgan fingerprint density at radius 2 is 2.18 bits per heavy atom. The number of aliphatic hydroxyl groups is 2. The fourth-order valence-electron chi connectivity index (χ4n) is 5.53. The van der Waals surface area contributed by atoms with Crippen molar-refractivity contribution < 1.29 is 14.9 Å². The van der Waals surface area contributed by atoms with Gasteiger partial charge >= 0.3 is 0 Å². The van der Waals surface area contributed by atoms with Gasteiger partial charge in [0.2, 0.25) is 11.8 Å². The summed E-state index contributed by atoms with van der Waals surface area (Å²) in [7, 11) is 1.90. The van der Waals surface area contributed by atoms with Gasteiger partial charge in [-0.25, -0.2) is 4.98 Å². The Morgan fingerprint density at radius 3 is 2.93 bits per heavy atom. The zero-order valence-electron chi connectivity index (χ0n) is 15.9. The Bertz CT molecular complexity index is 873. The Kier molecular flexibility index (Phi) is 4.17. The standard InChI is InChI=1S/C19H26N6O3/c1-25-9-15(20-10-25)21-14-6-16(28-3-2-26)23-18(22-14)24-17-12-4-11-5-13(17)19(27,7-11)8-12/h6,9-13,17,26-27H,2-5,7-8H2,1H3,(H2,21,22,23,24). The number of nitrogens with one attached hydrogen (secondary N) is 2. The Morgan fingerprint density at radius 1 is 1.29 bits per heavy atom. The molecular weight excluding hydrogens is 360 g/mol. The second-order valence-corrected chi connectivity index (χ2v) is 8.42. The third kappa shape index (κ3) is 3.08. The van der Waals surface area contributed by atoms with E-state index >= 15 is 0 Å². The van der Waals surface area contributed by atoms with Crippen LogP contribution in [0.15, 0.2) is 18.6 Å². The molecule has 28 heavy (non-hydrogen) atoms. The van der Waals surface area contributed by atoms with Crippen LogP contribution in [-0.4, -0.2) is 54.6 Å². The average molecular weight is 386 g/mol. The van der Waals surface area contributed by atoms with E-state index in [4.69, 9.17) is 9.84 Å². The molecule has 5 unspecified atom stereocenters. The summed E-state index contributed by atoms with van der Waals surface area (Å²) < 4.78 is 7.38. The van der Waals surface area contributed by atoms with Crippen molar-refractivity contribution in [2.75, 3.05) is 23.8 Å². The van der Waals surface area contributed by atoms with Gasteiger partial charge in [0.1, 0.15) is 18.2 Å². The molecule has 0 amide bonds. The van der Waals surface area contributed by atoms with Gasteiger partial charge in [0.05, 0.1) is 18.5 Å². The van der Waals surface area contributed by atoms with Crippen molar-refractivity contribution in [3.63, 3.8) is 0 Å². The SMILES string of the molecule is Cn1cnc(Nc2cc(OCCO)nc(NC3C4CC5CC3C(O)(C5)C4)n2)c1. The lowest BCUT2D eigenvalue weighted by molar-refractivity contribution is 0.00988. The van der Waals surface area contributed by atoms with Crippen molar-refractivity contribution in [3.05, 3.63) is 18.6 Å². The Labute approximate surface area is 163 Å². The summed E-state index contributed by atoms with van der Waals surface area (Å²) in [6.07, 6.45) is 7.59. The second-order valence-electron chi connectivity index (χ2n) is 8.42. The van der Waals surface area contributed by atoms with Crippen LogP contribution in [0.5, 0.6) is 5.88 Å². The quantitative estimate of drug-likeness (QED) is 0.562. The predicted molar refractivity (Wildman–Crippen MR) is 102 cm³/mol. The average Bonchev–Trinajstić information content (AvgIpc) is 3.21. The van der Waals surface area contributed by atoms with Crippen molar-refractivity contribution in [3.8, 4) is 5.88 Å². The van der Waals surface area contributed by atoms with E-state index in [1.807, 2.05) is 17.8 Å². The molecule has 6 rings (SSSR count). The van der Waals surface area contributed by atoms with Crippen molar-refractivity contribution in [2.24, 2.45) is 24.8 Å². The number of anilines is 3. The van der Waals surface area contributed by atoms with E-state index in [0.717, 1.165) is 25.7 Å². The minimum atomic E-state index is -0.523. The molecular formula is C19H26N6O3. The van der Waals surface area contributed by atoms with Crippen LogP contribution in [0.3, 0.4) is 0 Å². The first-order chi connectivity index (χ1) is 13.5. The molecule has 9 heteroatoms. The Hall–Kier alpha value is -2.39. The van der Waals surface area contributed by atoms with Crippen molar-refractivity contribution in [1.82, 2.24) is 19.5 Å². The summed E-state index contributed by atoms with van der Waals surface area (Å²) in [6.45, 7) is 0.0759. The van der Waals surface area contributed by atoms with Crippen molar-refractivity contribution >= 4 is 17.6 Å². The van der Waals surface area contributed by atoms with Crippen molar-refractivity contribution in [1.29, 1.82) is 0 Å². The first-order valence-electron chi connectivity index (χ1n) is 9.89. The molecule has 4 fully saturated rings. The lowest BCUT2D eigenvalue weighted by Gasteiger charge is -2.32. The smallest absolute Gasteiger partial charge is 0.228 e. The van der Waals surface area contributed by atoms with E-state index in [-0.39, 0.29) is 25.2 Å². The number of rotatable bonds is 7. The van der Waals surface area contributed by atoms with Crippen LogP contribution >= 0.6 is 0 Å². The van der Waals surface area contributed by atoms with E-state index in [9.17, 15) is 5.11 Å². The molecule has 0 radical (unpaired) electrons. The predicted octanol–water partition coefficient (Wildman–Crippen LogP) is 1.29. The highest BCUT2D eigenvalue weighted by Gasteiger charge is 2.62. The van der Waals surface area contributed by atoms with Gasteiger partial charge in [0.25, 0.3) is 0 Å². The number of aromatic nitrogens is 4. The molecule has 2 aromatic rings. The van der Waals surface area contributed by atoms with Crippen LogP contribution in [-0.2, 0) is 7.05 Å². The number of ether oxygens (including phenoxy) is 1. The summed E-state index contributed by atoms with van der Waals surface area (Å²) >= 11 is 0. The number of imidazole rings is 1. The molecule has 5 atom stereocenters. The summed E-state index contributed by atoms with van der Waals surface area (Å²) in [4.78, 5) is 13.3. The van der Waals surface area contributed by atoms with Gasteiger partial charge in [-0.05, 0) is 37.5 Å². The minimum Gasteiger partial charge on any atom is -0.475 e. The van der Waals surface area contributed by atoms with Crippen LogP contribution < -0.4 is 15.4 Å². The van der Waals surface area contributed by atoms with E-state index in [2.05, 4.69) is 25.6 Å². The highest BCUT2D eigenvalue weighted by Crippen LogP contribution is 2.60. The highest BCUT2D eigenvalue weighted by molar-refractivity contribution is 5.54. The van der Waals surface area contributed by atoms with Gasteiger partial charge in [-0.2, -0.15) is 9.97 Å². The van der Waals surface area contributed by atoms with E-state index in [1.165, 1.54) is 0 Å². The molecule has 4 saturated carbocycles. The molecule has 4 aliphatic carbocycles. The van der Waals surface area contributed by atoms with Gasteiger partial charge in [-0.3, -0.25) is 0 Å². The number of aliphatic hydroxyl groups excluding tert-OH is 1. The third-order valence-corrected chi connectivity index (χ3v) is 6.41. The molecule has 0 aromatic carbocycles. The van der Waals surface area contributed by atoms with Crippen LogP contribution in [0.2, 0.25) is 0 Å². The van der Waals surface area contributed by atoms with Crippen LogP contribution in [0.4, 0.5) is 17.6 Å². The first kappa shape index (κ1) is 17.7. The maximum Gasteiger partial charge on any atom is 0.228 e. The lowest BCUT2D eigenvalue weighted by atomic mass is 9.79. The largest absolute Gasteiger partial charge is 0.475 e. The normalized spacial score (nSPS) is 32.7. The van der Waals surface area contributed by atoms with E-state index < -0.39 is 5.60 Å². The van der Waals surface area contributed by atoms with E-state index in [0.29, 0.717) is 35.3 Å². The zero-order chi connectivity index (χ0) is 19.3. The molecule has 2 heterocycles.